The van der Waals surface area contributed by atoms with Gasteiger partial charge in [-0.2, -0.15) is 0 Å². The van der Waals surface area contributed by atoms with Gasteiger partial charge in [-0.25, -0.2) is 0 Å². The van der Waals surface area contributed by atoms with Crippen molar-refractivity contribution in [1.82, 2.24) is 5.32 Å². The van der Waals surface area contributed by atoms with E-state index in [0.717, 1.165) is 17.7 Å². The fourth-order valence-electron chi connectivity index (χ4n) is 2.03. The number of nitrogens with one attached hydrogen (secondary N) is 1. The number of carbonyl (C=O) groups excluding carboxylic acids is 1. The molecule has 0 spiro atoms. The summed E-state index contributed by atoms with van der Waals surface area (Å²) in [5.41, 5.74) is 6.15. The van der Waals surface area contributed by atoms with Crippen molar-refractivity contribution in [3.8, 4) is 5.75 Å². The van der Waals surface area contributed by atoms with Crippen LogP contribution in [0.5, 0.6) is 5.75 Å². The molecule has 0 bridgehead atoms. The smallest absolute Gasteiger partial charge is 0.240 e. The van der Waals surface area contributed by atoms with Crippen LogP contribution in [0.4, 0.5) is 0 Å². The lowest BCUT2D eigenvalue weighted by atomic mass is 9.96. The van der Waals surface area contributed by atoms with Gasteiger partial charge < -0.3 is 15.8 Å². The van der Waals surface area contributed by atoms with Gasteiger partial charge in [0.1, 0.15) is 5.75 Å². The van der Waals surface area contributed by atoms with Gasteiger partial charge in [-0.05, 0) is 33.3 Å². The Bertz CT molecular complexity index is 442. The van der Waals surface area contributed by atoms with Gasteiger partial charge in [0, 0.05) is 12.1 Å². The maximum atomic E-state index is 12.1. The molecule has 112 valence electrons. The van der Waals surface area contributed by atoms with E-state index in [-0.39, 0.29) is 12.0 Å². The number of hydrogen-bond donors (Lipinski definition) is 2. The van der Waals surface area contributed by atoms with Crippen LogP contribution in [0.15, 0.2) is 24.3 Å². The van der Waals surface area contributed by atoms with Crippen molar-refractivity contribution in [2.24, 2.45) is 5.73 Å². The Hall–Kier alpha value is -1.55. The fourth-order valence-corrected chi connectivity index (χ4v) is 2.03. The van der Waals surface area contributed by atoms with E-state index in [9.17, 15) is 4.79 Å². The van der Waals surface area contributed by atoms with Crippen LogP contribution in [0, 0.1) is 0 Å². The molecule has 0 aliphatic carbocycles. The van der Waals surface area contributed by atoms with E-state index in [4.69, 9.17) is 10.5 Å². The number of ether oxygens (including phenoxy) is 1. The number of benzene rings is 1. The molecule has 0 saturated heterocycles. The molecule has 1 rings (SSSR count). The predicted molar refractivity (Wildman–Crippen MR) is 81.6 cm³/mol. The van der Waals surface area contributed by atoms with Crippen LogP contribution in [-0.2, 0) is 11.3 Å². The summed E-state index contributed by atoms with van der Waals surface area (Å²) in [5.74, 6) is 0.677. The summed E-state index contributed by atoms with van der Waals surface area (Å²) in [5, 5.41) is 2.89. The molecule has 1 aromatic rings. The zero-order chi connectivity index (χ0) is 15.2. The summed E-state index contributed by atoms with van der Waals surface area (Å²) in [6, 6.07) is 7.72. The lowest BCUT2D eigenvalue weighted by Crippen LogP contribution is -2.51. The topological polar surface area (TPSA) is 64.4 Å². The Morgan fingerprint density at radius 1 is 1.40 bits per heavy atom. The molecule has 3 N–H and O–H groups in total. The first kappa shape index (κ1) is 16.5. The summed E-state index contributed by atoms with van der Waals surface area (Å²) >= 11 is 0. The van der Waals surface area contributed by atoms with Gasteiger partial charge in [-0.15, -0.1) is 0 Å². The van der Waals surface area contributed by atoms with Gasteiger partial charge in [0.15, 0.2) is 0 Å². The highest BCUT2D eigenvalue weighted by atomic mass is 16.5. The predicted octanol–water partition coefficient (Wildman–Crippen LogP) is 2.61. The highest BCUT2D eigenvalue weighted by Crippen LogP contribution is 2.19. The maximum absolute atomic E-state index is 12.1. The van der Waals surface area contributed by atoms with Crippen molar-refractivity contribution in [1.29, 1.82) is 0 Å². The minimum absolute atomic E-state index is 0.103. The third-order valence-corrected chi connectivity index (χ3v) is 3.06. The van der Waals surface area contributed by atoms with Crippen LogP contribution in [-0.4, -0.2) is 17.6 Å². The molecule has 20 heavy (non-hydrogen) atoms. The second kappa shape index (κ2) is 7.29. The Balaban J connectivity index is 2.68. The first-order chi connectivity index (χ1) is 9.36. The average Bonchev–Trinajstić information content (AvgIpc) is 2.36. The van der Waals surface area contributed by atoms with E-state index in [2.05, 4.69) is 5.32 Å². The quantitative estimate of drug-likeness (QED) is 0.806. The largest absolute Gasteiger partial charge is 0.491 e. The molecule has 1 aromatic carbocycles. The summed E-state index contributed by atoms with van der Waals surface area (Å²) < 4.78 is 5.73. The Kier molecular flexibility index (Phi) is 6.02. The first-order valence-electron chi connectivity index (χ1n) is 7.18. The third-order valence-electron chi connectivity index (χ3n) is 3.06. The molecule has 4 nitrogen and oxygen atoms in total. The number of rotatable bonds is 7. The minimum Gasteiger partial charge on any atom is -0.491 e. The lowest BCUT2D eigenvalue weighted by molar-refractivity contribution is -0.126. The van der Waals surface area contributed by atoms with Gasteiger partial charge in [0.25, 0.3) is 0 Å². The Morgan fingerprint density at radius 3 is 2.65 bits per heavy atom. The molecule has 0 saturated carbocycles. The zero-order valence-corrected chi connectivity index (χ0v) is 12.9. The van der Waals surface area contributed by atoms with Crippen molar-refractivity contribution in [3.63, 3.8) is 0 Å². The second-order valence-corrected chi connectivity index (χ2v) is 5.62. The standard InChI is InChI=1S/C16H26N2O2/c1-5-10-16(4,17)15(19)18-11-13-8-6-7-9-14(13)20-12(2)3/h6-9,12H,5,10-11,17H2,1-4H3,(H,18,19). The van der Waals surface area contributed by atoms with Gasteiger partial charge in [0.2, 0.25) is 5.91 Å². The van der Waals surface area contributed by atoms with Crippen LogP contribution in [0.2, 0.25) is 0 Å². The summed E-state index contributed by atoms with van der Waals surface area (Å²) in [6.45, 7) is 8.17. The number of carbonyl (C=O) groups is 1. The normalized spacial score (nSPS) is 13.9. The Labute approximate surface area is 121 Å². The van der Waals surface area contributed by atoms with E-state index in [1.807, 2.05) is 45.0 Å². The zero-order valence-electron chi connectivity index (χ0n) is 12.9. The van der Waals surface area contributed by atoms with E-state index >= 15 is 0 Å². The molecule has 0 fully saturated rings. The number of nitrogens with two attached hydrogens (primary N) is 1. The molecule has 1 amide bonds. The molecular formula is C16H26N2O2. The number of amides is 1. The maximum Gasteiger partial charge on any atom is 0.240 e. The lowest BCUT2D eigenvalue weighted by Gasteiger charge is -2.23. The van der Waals surface area contributed by atoms with Crippen molar-refractivity contribution in [2.75, 3.05) is 0 Å². The molecule has 0 aliphatic rings. The number of hydrogen-bond acceptors (Lipinski definition) is 3. The molecule has 0 aliphatic heterocycles. The minimum atomic E-state index is -0.817. The summed E-state index contributed by atoms with van der Waals surface area (Å²) in [4.78, 5) is 12.1. The van der Waals surface area contributed by atoms with Crippen molar-refractivity contribution in [2.45, 2.75) is 58.7 Å². The molecular weight excluding hydrogens is 252 g/mol. The van der Waals surface area contributed by atoms with Crippen LogP contribution in [0.1, 0.15) is 46.1 Å². The van der Waals surface area contributed by atoms with Crippen molar-refractivity contribution >= 4 is 5.91 Å². The summed E-state index contributed by atoms with van der Waals surface area (Å²) in [6.07, 6.45) is 1.66. The van der Waals surface area contributed by atoms with Crippen LogP contribution < -0.4 is 15.8 Å². The molecule has 0 radical (unpaired) electrons. The van der Waals surface area contributed by atoms with Crippen LogP contribution >= 0.6 is 0 Å². The average molecular weight is 278 g/mol. The first-order valence-corrected chi connectivity index (χ1v) is 7.18. The van der Waals surface area contributed by atoms with E-state index in [1.165, 1.54) is 0 Å². The highest BCUT2D eigenvalue weighted by molar-refractivity contribution is 5.85. The molecule has 4 heteroatoms. The van der Waals surface area contributed by atoms with Crippen LogP contribution in [0.3, 0.4) is 0 Å². The molecule has 0 heterocycles. The van der Waals surface area contributed by atoms with E-state index < -0.39 is 5.54 Å². The summed E-state index contributed by atoms with van der Waals surface area (Å²) in [7, 11) is 0. The van der Waals surface area contributed by atoms with Gasteiger partial charge in [-0.3, -0.25) is 4.79 Å². The van der Waals surface area contributed by atoms with Gasteiger partial charge >= 0.3 is 0 Å². The van der Waals surface area contributed by atoms with Gasteiger partial charge in [-0.1, -0.05) is 31.5 Å². The SMILES string of the molecule is CCCC(C)(N)C(=O)NCc1ccccc1OC(C)C. The van der Waals surface area contributed by atoms with Crippen molar-refractivity contribution in [3.05, 3.63) is 29.8 Å². The Morgan fingerprint density at radius 2 is 2.05 bits per heavy atom. The van der Waals surface area contributed by atoms with Crippen molar-refractivity contribution < 1.29 is 9.53 Å². The van der Waals surface area contributed by atoms with Gasteiger partial charge in [0.05, 0.1) is 11.6 Å². The second-order valence-electron chi connectivity index (χ2n) is 5.62. The molecule has 1 atom stereocenters. The molecule has 1 unspecified atom stereocenters. The highest BCUT2D eigenvalue weighted by Gasteiger charge is 2.26. The van der Waals surface area contributed by atoms with E-state index in [0.29, 0.717) is 13.0 Å². The third kappa shape index (κ3) is 4.85. The number of para-hydroxylation sites is 1. The van der Waals surface area contributed by atoms with E-state index in [1.54, 1.807) is 6.92 Å². The van der Waals surface area contributed by atoms with Crippen LogP contribution in [0.25, 0.3) is 0 Å². The fraction of sp³-hybridized carbons (Fsp3) is 0.562. The molecule has 0 aromatic heterocycles. The monoisotopic (exact) mass is 278 g/mol.